The first-order valence-electron chi connectivity index (χ1n) is 11.6. The molecular formula is C27H26N2O8S. The highest BCUT2D eigenvalue weighted by atomic mass is 32.1. The van der Waals surface area contributed by atoms with Crippen LogP contribution in [0.15, 0.2) is 48.0 Å². The van der Waals surface area contributed by atoms with Crippen LogP contribution < -0.4 is 19.1 Å². The molecule has 1 aliphatic heterocycles. The van der Waals surface area contributed by atoms with Gasteiger partial charge >= 0.3 is 11.9 Å². The molecule has 2 aromatic carbocycles. The normalized spacial score (nSPS) is 16.4. The smallest absolute Gasteiger partial charge is 0.350 e. The molecular weight excluding hydrogens is 512 g/mol. The van der Waals surface area contributed by atoms with Crippen molar-refractivity contribution in [3.05, 3.63) is 69.7 Å². The summed E-state index contributed by atoms with van der Waals surface area (Å²) in [6.07, 6.45) is 0. The number of hydrogen-bond acceptors (Lipinski definition) is 10. The van der Waals surface area contributed by atoms with Crippen molar-refractivity contribution in [2.45, 2.75) is 19.9 Å². The van der Waals surface area contributed by atoms with E-state index >= 15 is 0 Å². The lowest BCUT2D eigenvalue weighted by Gasteiger charge is -2.24. The zero-order valence-corrected chi connectivity index (χ0v) is 22.3. The first kappa shape index (κ1) is 26.7. The lowest BCUT2D eigenvalue weighted by atomic mass is 9.95. The summed E-state index contributed by atoms with van der Waals surface area (Å²) in [5, 5.41) is 11.5. The summed E-state index contributed by atoms with van der Waals surface area (Å²) in [7, 11) is 4.20. The molecule has 198 valence electrons. The Morgan fingerprint density at radius 1 is 1.08 bits per heavy atom. The monoisotopic (exact) mass is 538 g/mol. The molecule has 0 saturated carbocycles. The number of esters is 1. The molecule has 2 heterocycles. The van der Waals surface area contributed by atoms with Crippen molar-refractivity contribution in [2.75, 3.05) is 32.8 Å². The Hall–Kier alpha value is -4.38. The Morgan fingerprint density at radius 2 is 1.84 bits per heavy atom. The molecule has 0 radical (unpaired) electrons. The number of carbonyl (C=O) groups is 3. The highest BCUT2D eigenvalue weighted by Crippen LogP contribution is 2.45. The second kappa shape index (κ2) is 10.9. The molecule has 3 aromatic rings. The number of hydrogen-bond donors (Lipinski definition) is 1. The zero-order valence-electron chi connectivity index (χ0n) is 21.4. The van der Waals surface area contributed by atoms with Crippen molar-refractivity contribution in [1.82, 2.24) is 4.98 Å². The number of amides is 1. The number of nitrogens with zero attached hydrogens (tertiary/aromatic N) is 2. The number of aromatic nitrogens is 1. The molecule has 1 saturated heterocycles. The Bertz CT molecular complexity index is 1440. The van der Waals surface area contributed by atoms with Gasteiger partial charge in [0.1, 0.15) is 16.4 Å². The fraction of sp³-hybridized carbons (Fsp3) is 0.259. The van der Waals surface area contributed by atoms with Gasteiger partial charge in [-0.05, 0) is 43.7 Å². The molecule has 1 aromatic heterocycles. The van der Waals surface area contributed by atoms with E-state index in [1.807, 2.05) is 6.92 Å². The largest absolute Gasteiger partial charge is 0.507 e. The molecule has 0 spiro atoms. The number of carbonyl (C=O) groups excluding carboxylic acids is 3. The van der Waals surface area contributed by atoms with Crippen molar-refractivity contribution in [3.8, 4) is 17.2 Å². The highest BCUT2D eigenvalue weighted by Gasteiger charge is 2.48. The Kier molecular flexibility index (Phi) is 7.67. The number of Topliss-reactive ketones (excluding diaryl/α,β-unsaturated/α-hetero) is 1. The highest BCUT2D eigenvalue weighted by molar-refractivity contribution is 7.17. The van der Waals surface area contributed by atoms with Gasteiger partial charge in [-0.3, -0.25) is 14.5 Å². The number of methoxy groups -OCH3 is 3. The minimum atomic E-state index is -1.08. The van der Waals surface area contributed by atoms with Crippen LogP contribution in [0.3, 0.4) is 0 Å². The van der Waals surface area contributed by atoms with E-state index < -0.39 is 23.7 Å². The van der Waals surface area contributed by atoms with Crippen LogP contribution in [0, 0.1) is 6.92 Å². The van der Waals surface area contributed by atoms with Crippen molar-refractivity contribution in [2.24, 2.45) is 0 Å². The topological polar surface area (TPSA) is 124 Å². The van der Waals surface area contributed by atoms with Gasteiger partial charge in [-0.15, -0.1) is 0 Å². The third kappa shape index (κ3) is 4.68. The first-order chi connectivity index (χ1) is 18.2. The van der Waals surface area contributed by atoms with E-state index in [9.17, 15) is 19.5 Å². The van der Waals surface area contributed by atoms with Crippen molar-refractivity contribution >= 4 is 39.9 Å². The van der Waals surface area contributed by atoms with Gasteiger partial charge in [-0.1, -0.05) is 29.5 Å². The number of thiazole rings is 1. The van der Waals surface area contributed by atoms with E-state index in [4.69, 9.17) is 18.9 Å². The summed E-state index contributed by atoms with van der Waals surface area (Å²) in [5.41, 5.74) is 0.939. The molecule has 0 aliphatic carbocycles. The van der Waals surface area contributed by atoms with Gasteiger partial charge in [-0.25, -0.2) is 9.78 Å². The minimum absolute atomic E-state index is 0.104. The van der Waals surface area contributed by atoms with Gasteiger partial charge in [0.25, 0.3) is 5.78 Å². The number of ether oxygens (including phenoxy) is 4. The Morgan fingerprint density at radius 3 is 2.50 bits per heavy atom. The van der Waals surface area contributed by atoms with Crippen LogP contribution >= 0.6 is 11.3 Å². The van der Waals surface area contributed by atoms with E-state index in [1.54, 1.807) is 49.4 Å². The predicted octanol–water partition coefficient (Wildman–Crippen LogP) is 4.28. The third-order valence-corrected chi connectivity index (χ3v) is 7.09. The molecule has 1 amide bonds. The number of aliphatic hydroxyl groups is 1. The van der Waals surface area contributed by atoms with Crippen LogP contribution in [0.5, 0.6) is 17.2 Å². The van der Waals surface area contributed by atoms with E-state index in [0.717, 1.165) is 11.3 Å². The van der Waals surface area contributed by atoms with E-state index in [1.165, 1.54) is 26.2 Å². The van der Waals surface area contributed by atoms with Crippen molar-refractivity contribution < 1.29 is 38.4 Å². The quantitative estimate of drug-likeness (QED) is 0.194. The summed E-state index contributed by atoms with van der Waals surface area (Å²) >= 11 is 0.918. The van der Waals surface area contributed by atoms with E-state index in [-0.39, 0.29) is 26.9 Å². The molecule has 1 fully saturated rings. The van der Waals surface area contributed by atoms with E-state index in [0.29, 0.717) is 35.1 Å². The van der Waals surface area contributed by atoms with Crippen LogP contribution in [0.4, 0.5) is 5.13 Å². The van der Waals surface area contributed by atoms with Gasteiger partial charge < -0.3 is 24.1 Å². The maximum Gasteiger partial charge on any atom is 0.350 e. The fourth-order valence-electron chi connectivity index (χ4n) is 4.17. The second-order valence-corrected chi connectivity index (χ2v) is 9.12. The average molecular weight is 539 g/mol. The van der Waals surface area contributed by atoms with Crippen LogP contribution in [-0.4, -0.2) is 55.7 Å². The van der Waals surface area contributed by atoms with Crippen LogP contribution in [-0.2, 0) is 14.3 Å². The average Bonchev–Trinajstić information content (AvgIpc) is 3.44. The van der Waals surface area contributed by atoms with E-state index in [2.05, 4.69) is 4.98 Å². The maximum atomic E-state index is 13.4. The van der Waals surface area contributed by atoms with Gasteiger partial charge in [0.2, 0.25) is 0 Å². The minimum Gasteiger partial charge on any atom is -0.507 e. The van der Waals surface area contributed by atoms with Gasteiger partial charge in [0.15, 0.2) is 16.6 Å². The number of aliphatic hydroxyl groups excluding tert-OH is 1. The second-order valence-electron chi connectivity index (χ2n) is 8.15. The number of rotatable bonds is 8. The molecule has 38 heavy (non-hydrogen) atoms. The number of ketones is 1. The lowest BCUT2D eigenvalue weighted by Crippen LogP contribution is -2.29. The maximum absolute atomic E-state index is 13.4. The van der Waals surface area contributed by atoms with Crippen LogP contribution in [0.1, 0.15) is 39.5 Å². The summed E-state index contributed by atoms with van der Waals surface area (Å²) in [6.45, 7) is 3.84. The molecule has 1 N–H and O–H groups in total. The molecule has 1 aliphatic rings. The number of benzene rings is 2. The molecule has 1 atom stereocenters. The van der Waals surface area contributed by atoms with Gasteiger partial charge in [0.05, 0.1) is 45.2 Å². The lowest BCUT2D eigenvalue weighted by molar-refractivity contribution is -0.132. The molecule has 0 bridgehead atoms. The van der Waals surface area contributed by atoms with Crippen LogP contribution in [0.25, 0.3) is 5.76 Å². The SMILES string of the molecule is CCOc1ccc([C@@H]2C(=C(O)c3cccc(OC)c3)C(=O)C(=O)N2c2nc(C)c(C(=O)OC)s2)cc1OC. The first-order valence-corrected chi connectivity index (χ1v) is 12.4. The van der Waals surface area contributed by atoms with Gasteiger partial charge in [-0.2, -0.15) is 0 Å². The Balaban J connectivity index is 1.96. The molecule has 4 rings (SSSR count). The van der Waals surface area contributed by atoms with Gasteiger partial charge in [0, 0.05) is 5.56 Å². The molecule has 11 heteroatoms. The fourth-order valence-corrected chi connectivity index (χ4v) is 5.18. The number of aryl methyl sites for hydroxylation is 1. The van der Waals surface area contributed by atoms with Crippen molar-refractivity contribution in [3.63, 3.8) is 0 Å². The summed E-state index contributed by atoms with van der Waals surface area (Å²) in [4.78, 5) is 44.9. The Labute approximate surface area is 223 Å². The van der Waals surface area contributed by atoms with Crippen LogP contribution in [0.2, 0.25) is 0 Å². The molecule has 10 nitrogen and oxygen atoms in total. The number of anilines is 1. The predicted molar refractivity (Wildman–Crippen MR) is 140 cm³/mol. The summed E-state index contributed by atoms with van der Waals surface area (Å²) in [6, 6.07) is 10.4. The summed E-state index contributed by atoms with van der Waals surface area (Å²) < 4.78 is 21.2. The molecule has 0 unspecified atom stereocenters. The summed E-state index contributed by atoms with van der Waals surface area (Å²) in [5.74, 6) is -1.50. The zero-order chi connectivity index (χ0) is 27.6. The standard InChI is InChI=1S/C27H26N2O8S/c1-6-37-18-11-10-15(13-19(18)35-4)21-20(22(30)16-8-7-9-17(12-16)34-3)23(31)25(32)29(21)27-28-14(2)24(38-27)26(33)36-5/h7-13,21,30H,6H2,1-5H3/t21-/m1/s1. The third-order valence-electron chi connectivity index (χ3n) is 5.95. The van der Waals surface area contributed by atoms with Crippen molar-refractivity contribution in [1.29, 1.82) is 0 Å².